The van der Waals surface area contributed by atoms with Crippen molar-refractivity contribution in [3.05, 3.63) is 76.9 Å². The predicted molar refractivity (Wildman–Crippen MR) is 101 cm³/mol. The molecular formula is C23H22F2O. The van der Waals surface area contributed by atoms with Gasteiger partial charge in [-0.2, -0.15) is 0 Å². The van der Waals surface area contributed by atoms with Gasteiger partial charge in [-0.3, -0.25) is 0 Å². The number of fused-ring (bicyclic) bond motifs is 1. The molecular weight excluding hydrogens is 330 g/mol. The van der Waals surface area contributed by atoms with E-state index in [1.165, 1.54) is 0 Å². The number of halogens is 2. The summed E-state index contributed by atoms with van der Waals surface area (Å²) >= 11 is 0. The van der Waals surface area contributed by atoms with Crippen molar-refractivity contribution in [1.29, 1.82) is 0 Å². The molecule has 2 atom stereocenters. The minimum atomic E-state index is -0.329. The van der Waals surface area contributed by atoms with E-state index in [9.17, 15) is 8.78 Å². The summed E-state index contributed by atoms with van der Waals surface area (Å²) in [4.78, 5) is 0. The highest BCUT2D eigenvalue weighted by atomic mass is 19.1. The normalized spacial score (nSPS) is 21.4. The molecule has 134 valence electrons. The zero-order valence-corrected chi connectivity index (χ0v) is 15.1. The summed E-state index contributed by atoms with van der Waals surface area (Å²) in [6, 6.07) is 10.6. The third-order valence-corrected chi connectivity index (χ3v) is 5.47. The quantitative estimate of drug-likeness (QED) is 0.638. The van der Waals surface area contributed by atoms with Crippen molar-refractivity contribution >= 4 is 11.1 Å². The first kappa shape index (κ1) is 17.0. The van der Waals surface area contributed by atoms with Gasteiger partial charge in [0.15, 0.2) is 11.6 Å². The molecule has 0 aromatic heterocycles. The zero-order chi connectivity index (χ0) is 18.3. The van der Waals surface area contributed by atoms with Crippen molar-refractivity contribution in [3.8, 4) is 5.75 Å². The van der Waals surface area contributed by atoms with Crippen LogP contribution in [0.2, 0.25) is 0 Å². The monoisotopic (exact) mass is 352 g/mol. The van der Waals surface area contributed by atoms with Gasteiger partial charge >= 0.3 is 0 Å². The van der Waals surface area contributed by atoms with Crippen LogP contribution in [0.3, 0.4) is 0 Å². The summed E-state index contributed by atoms with van der Waals surface area (Å²) in [5.41, 5.74) is 4.78. The van der Waals surface area contributed by atoms with Crippen LogP contribution in [0.5, 0.6) is 5.75 Å². The van der Waals surface area contributed by atoms with E-state index in [1.807, 2.05) is 32.0 Å². The molecule has 1 nitrogen and oxygen atoms in total. The summed E-state index contributed by atoms with van der Waals surface area (Å²) in [5.74, 6) is 0.375. The Labute approximate surface area is 153 Å². The summed E-state index contributed by atoms with van der Waals surface area (Å²) in [6.07, 6.45) is 6.08. The fourth-order valence-corrected chi connectivity index (χ4v) is 4.28. The largest absolute Gasteiger partial charge is 0.491 e. The fourth-order valence-electron chi connectivity index (χ4n) is 4.28. The maximum Gasteiger partial charge on any atom is 0.165 e. The summed E-state index contributed by atoms with van der Waals surface area (Å²) in [5, 5.41) is 0. The molecule has 26 heavy (non-hydrogen) atoms. The van der Waals surface area contributed by atoms with Crippen LogP contribution < -0.4 is 4.74 Å². The second-order valence-corrected chi connectivity index (χ2v) is 7.06. The van der Waals surface area contributed by atoms with Gasteiger partial charge < -0.3 is 4.74 Å². The Morgan fingerprint density at radius 1 is 0.923 bits per heavy atom. The van der Waals surface area contributed by atoms with Crippen LogP contribution in [0.15, 0.2) is 48.6 Å². The number of aryl methyl sites for hydroxylation is 1. The Morgan fingerprint density at radius 3 is 2.35 bits per heavy atom. The van der Waals surface area contributed by atoms with Crippen molar-refractivity contribution in [2.45, 2.75) is 26.7 Å². The molecule has 0 N–H and O–H groups in total. The van der Waals surface area contributed by atoms with Crippen molar-refractivity contribution in [2.24, 2.45) is 11.8 Å². The van der Waals surface area contributed by atoms with E-state index in [1.54, 1.807) is 18.2 Å². The van der Waals surface area contributed by atoms with Gasteiger partial charge in [-0.1, -0.05) is 30.4 Å². The Balaban J connectivity index is 1.58. The van der Waals surface area contributed by atoms with Gasteiger partial charge in [0.25, 0.3) is 0 Å². The number of hydrogen-bond acceptors (Lipinski definition) is 1. The van der Waals surface area contributed by atoms with Gasteiger partial charge in [0.1, 0.15) is 5.82 Å². The third-order valence-electron chi connectivity index (χ3n) is 5.47. The Morgan fingerprint density at radius 2 is 1.65 bits per heavy atom. The molecule has 0 bridgehead atoms. The van der Waals surface area contributed by atoms with E-state index in [2.05, 4.69) is 12.2 Å². The maximum atomic E-state index is 14.4. The Kier molecular flexibility index (Phi) is 4.39. The third kappa shape index (κ3) is 2.86. The SMILES string of the molecule is CCOc1ccc(C2=CCC3C(c4ccc(C)cc4F)=CCC23)cc1F. The number of ether oxygens (including phenoxy) is 1. The summed E-state index contributed by atoms with van der Waals surface area (Å²) in [7, 11) is 0. The molecule has 0 fully saturated rings. The van der Waals surface area contributed by atoms with E-state index >= 15 is 0 Å². The van der Waals surface area contributed by atoms with E-state index in [0.717, 1.165) is 35.1 Å². The van der Waals surface area contributed by atoms with E-state index in [-0.39, 0.29) is 17.6 Å². The molecule has 0 saturated heterocycles. The smallest absolute Gasteiger partial charge is 0.165 e. The van der Waals surface area contributed by atoms with Gasteiger partial charge in [0.05, 0.1) is 6.61 Å². The van der Waals surface area contributed by atoms with E-state index in [0.29, 0.717) is 23.8 Å². The lowest BCUT2D eigenvalue weighted by molar-refractivity contribution is 0.321. The molecule has 0 amide bonds. The van der Waals surface area contributed by atoms with Gasteiger partial charge in [0.2, 0.25) is 0 Å². The standard InChI is InChI=1S/C23H22F2O/c1-3-26-23-11-5-15(13-22(23)25)16-7-8-18-17(16)9-10-19(18)20-6-4-14(2)12-21(20)24/h4-7,10-13,17-18H,3,8-9H2,1-2H3. The minimum absolute atomic E-state index is 0.155. The van der Waals surface area contributed by atoms with Gasteiger partial charge in [-0.25, -0.2) is 8.78 Å². The number of rotatable bonds is 4. The van der Waals surface area contributed by atoms with Crippen LogP contribution in [0.25, 0.3) is 11.1 Å². The van der Waals surface area contributed by atoms with Crippen LogP contribution in [-0.4, -0.2) is 6.61 Å². The Bertz CT molecular complexity index is 910. The van der Waals surface area contributed by atoms with Crippen LogP contribution in [0.4, 0.5) is 8.78 Å². The minimum Gasteiger partial charge on any atom is -0.491 e. The average Bonchev–Trinajstić information content (AvgIpc) is 3.19. The Hall–Kier alpha value is -2.42. The van der Waals surface area contributed by atoms with Crippen LogP contribution in [0.1, 0.15) is 36.5 Å². The van der Waals surface area contributed by atoms with Crippen LogP contribution in [0, 0.1) is 30.4 Å². The molecule has 2 aromatic carbocycles. The molecule has 2 aliphatic carbocycles. The second kappa shape index (κ2) is 6.71. The molecule has 3 heteroatoms. The average molecular weight is 352 g/mol. The molecule has 0 saturated carbocycles. The highest BCUT2D eigenvalue weighted by Crippen LogP contribution is 2.51. The highest BCUT2D eigenvalue weighted by Gasteiger charge is 2.37. The number of hydrogen-bond donors (Lipinski definition) is 0. The molecule has 0 aliphatic heterocycles. The van der Waals surface area contributed by atoms with Crippen molar-refractivity contribution in [1.82, 2.24) is 0 Å². The molecule has 2 aliphatic rings. The fraction of sp³-hybridized carbons (Fsp3) is 0.304. The van der Waals surface area contributed by atoms with Crippen molar-refractivity contribution in [2.75, 3.05) is 6.61 Å². The van der Waals surface area contributed by atoms with Gasteiger partial charge in [0, 0.05) is 5.56 Å². The predicted octanol–water partition coefficient (Wildman–Crippen LogP) is 6.18. The summed E-state index contributed by atoms with van der Waals surface area (Å²) in [6.45, 7) is 4.18. The molecule has 0 heterocycles. The van der Waals surface area contributed by atoms with Gasteiger partial charge in [-0.15, -0.1) is 0 Å². The van der Waals surface area contributed by atoms with Gasteiger partial charge in [-0.05, 0) is 79.0 Å². The lowest BCUT2D eigenvalue weighted by atomic mass is 9.85. The van der Waals surface area contributed by atoms with E-state index in [4.69, 9.17) is 4.74 Å². The highest BCUT2D eigenvalue weighted by molar-refractivity contribution is 5.80. The summed E-state index contributed by atoms with van der Waals surface area (Å²) < 4.78 is 34.0. The molecule has 0 spiro atoms. The van der Waals surface area contributed by atoms with Crippen molar-refractivity contribution in [3.63, 3.8) is 0 Å². The first-order valence-corrected chi connectivity index (χ1v) is 9.17. The lowest BCUT2D eigenvalue weighted by Gasteiger charge is -2.19. The lowest BCUT2D eigenvalue weighted by Crippen LogP contribution is -2.08. The van der Waals surface area contributed by atoms with Crippen LogP contribution in [-0.2, 0) is 0 Å². The number of benzene rings is 2. The molecule has 2 unspecified atom stereocenters. The first-order valence-electron chi connectivity index (χ1n) is 9.17. The van der Waals surface area contributed by atoms with E-state index < -0.39 is 0 Å². The maximum absolute atomic E-state index is 14.4. The molecule has 4 rings (SSSR count). The number of allylic oxidation sites excluding steroid dienone is 4. The molecule has 2 aromatic rings. The molecule has 0 radical (unpaired) electrons. The van der Waals surface area contributed by atoms with Crippen molar-refractivity contribution < 1.29 is 13.5 Å². The first-order chi connectivity index (χ1) is 12.6. The van der Waals surface area contributed by atoms with Crippen LogP contribution >= 0.6 is 0 Å². The topological polar surface area (TPSA) is 9.23 Å². The zero-order valence-electron chi connectivity index (χ0n) is 15.1. The second-order valence-electron chi connectivity index (χ2n) is 7.06.